The van der Waals surface area contributed by atoms with E-state index in [1.807, 2.05) is 0 Å². The molecule has 2 N–H and O–H groups in total. The Morgan fingerprint density at radius 1 is 1.06 bits per heavy atom. The molecule has 3 amide bonds. The SMILES string of the molecule is CC(=O)Nc1ccc(C(F)(F)F)cc1NC(=O)CC1CCN(C(=O)OC(C)(C)C)CC1. The van der Waals surface area contributed by atoms with Gasteiger partial charge in [0, 0.05) is 26.4 Å². The number of hydrogen-bond donors (Lipinski definition) is 2. The van der Waals surface area contributed by atoms with Crippen molar-refractivity contribution in [1.29, 1.82) is 0 Å². The van der Waals surface area contributed by atoms with Gasteiger partial charge in [-0.25, -0.2) is 4.79 Å². The number of hydrogen-bond acceptors (Lipinski definition) is 4. The second-order valence-electron chi connectivity index (χ2n) is 8.60. The van der Waals surface area contributed by atoms with E-state index in [0.717, 1.165) is 18.2 Å². The van der Waals surface area contributed by atoms with E-state index in [9.17, 15) is 27.6 Å². The van der Waals surface area contributed by atoms with Crippen LogP contribution in [0.3, 0.4) is 0 Å². The first kappa shape index (κ1) is 24.5. The monoisotopic (exact) mass is 443 g/mol. The normalized spacial score (nSPS) is 15.4. The van der Waals surface area contributed by atoms with Gasteiger partial charge in [-0.2, -0.15) is 13.2 Å². The minimum Gasteiger partial charge on any atom is -0.444 e. The van der Waals surface area contributed by atoms with Crippen molar-refractivity contribution in [3.63, 3.8) is 0 Å². The van der Waals surface area contributed by atoms with Crippen molar-refractivity contribution in [2.45, 2.75) is 58.7 Å². The Bertz CT molecular complexity index is 826. The molecule has 31 heavy (non-hydrogen) atoms. The Kier molecular flexibility index (Phi) is 7.56. The molecule has 0 radical (unpaired) electrons. The van der Waals surface area contributed by atoms with Gasteiger partial charge >= 0.3 is 12.3 Å². The maximum absolute atomic E-state index is 13.0. The van der Waals surface area contributed by atoms with Crippen molar-refractivity contribution < 1.29 is 32.3 Å². The third-order valence-corrected chi connectivity index (χ3v) is 4.67. The summed E-state index contributed by atoms with van der Waals surface area (Å²) in [5.41, 5.74) is -1.54. The fraction of sp³-hybridized carbons (Fsp3) is 0.571. The number of anilines is 2. The van der Waals surface area contributed by atoms with E-state index in [-0.39, 0.29) is 23.7 Å². The zero-order valence-electron chi connectivity index (χ0n) is 18.1. The molecule has 10 heteroatoms. The molecule has 1 aromatic rings. The number of halogens is 3. The first-order valence-corrected chi connectivity index (χ1v) is 10.0. The Labute approximate surface area is 179 Å². The number of nitrogens with one attached hydrogen (secondary N) is 2. The maximum atomic E-state index is 13.0. The van der Waals surface area contributed by atoms with E-state index >= 15 is 0 Å². The number of amides is 3. The zero-order chi connectivity index (χ0) is 23.4. The van der Waals surface area contributed by atoms with Crippen LogP contribution in [0.1, 0.15) is 52.5 Å². The lowest BCUT2D eigenvalue weighted by Crippen LogP contribution is -2.42. The molecule has 1 aliphatic rings. The highest BCUT2D eigenvalue weighted by atomic mass is 19.4. The van der Waals surface area contributed by atoms with Gasteiger partial charge in [-0.1, -0.05) is 0 Å². The molecule has 0 unspecified atom stereocenters. The van der Waals surface area contributed by atoms with Crippen LogP contribution in [0, 0.1) is 5.92 Å². The Hall–Kier alpha value is -2.78. The van der Waals surface area contributed by atoms with Crippen molar-refractivity contribution in [2.75, 3.05) is 23.7 Å². The molecule has 0 bridgehead atoms. The van der Waals surface area contributed by atoms with Crippen molar-refractivity contribution in [3.8, 4) is 0 Å². The van der Waals surface area contributed by atoms with Crippen molar-refractivity contribution in [1.82, 2.24) is 4.90 Å². The average Bonchev–Trinajstić information content (AvgIpc) is 2.61. The van der Waals surface area contributed by atoms with Gasteiger partial charge in [-0.3, -0.25) is 9.59 Å². The number of carbonyl (C=O) groups excluding carboxylic acids is 3. The van der Waals surface area contributed by atoms with E-state index in [1.54, 1.807) is 25.7 Å². The highest BCUT2D eigenvalue weighted by molar-refractivity contribution is 5.99. The summed E-state index contributed by atoms with van der Waals surface area (Å²) < 4.78 is 44.4. The lowest BCUT2D eigenvalue weighted by atomic mass is 9.93. The number of piperidine rings is 1. The molecule has 7 nitrogen and oxygen atoms in total. The minimum atomic E-state index is -4.58. The molecule has 0 spiro atoms. The molecule has 1 saturated heterocycles. The number of nitrogens with zero attached hydrogens (tertiary/aromatic N) is 1. The van der Waals surface area contributed by atoms with Crippen LogP contribution < -0.4 is 10.6 Å². The molecule has 172 valence electrons. The summed E-state index contributed by atoms with van der Waals surface area (Å²) in [5, 5.41) is 4.90. The fourth-order valence-corrected chi connectivity index (χ4v) is 3.23. The number of carbonyl (C=O) groups is 3. The predicted molar refractivity (Wildman–Crippen MR) is 110 cm³/mol. The van der Waals surface area contributed by atoms with E-state index in [2.05, 4.69) is 10.6 Å². The van der Waals surface area contributed by atoms with Gasteiger partial charge in [0.05, 0.1) is 16.9 Å². The number of benzene rings is 1. The quantitative estimate of drug-likeness (QED) is 0.710. The topological polar surface area (TPSA) is 87.7 Å². The van der Waals surface area contributed by atoms with Gasteiger partial charge in [0.15, 0.2) is 0 Å². The smallest absolute Gasteiger partial charge is 0.416 e. The predicted octanol–water partition coefficient (Wildman–Crippen LogP) is 4.64. The van der Waals surface area contributed by atoms with Gasteiger partial charge in [0.25, 0.3) is 0 Å². The summed E-state index contributed by atoms with van der Waals surface area (Å²) in [7, 11) is 0. The van der Waals surface area contributed by atoms with Crippen LogP contribution in [0.15, 0.2) is 18.2 Å². The Morgan fingerprint density at radius 2 is 1.68 bits per heavy atom. The maximum Gasteiger partial charge on any atom is 0.416 e. The molecule has 0 aliphatic carbocycles. The fourth-order valence-electron chi connectivity index (χ4n) is 3.23. The highest BCUT2D eigenvalue weighted by Gasteiger charge is 2.32. The summed E-state index contributed by atoms with van der Waals surface area (Å²) in [6.07, 6.45) is -3.73. The molecule has 1 fully saturated rings. The highest BCUT2D eigenvalue weighted by Crippen LogP contribution is 2.34. The van der Waals surface area contributed by atoms with Gasteiger partial charge in [0.2, 0.25) is 11.8 Å². The molecule has 0 atom stereocenters. The third-order valence-electron chi connectivity index (χ3n) is 4.67. The summed E-state index contributed by atoms with van der Waals surface area (Å²) in [4.78, 5) is 37.5. The van der Waals surface area contributed by atoms with Gasteiger partial charge in [0.1, 0.15) is 5.60 Å². The number of rotatable bonds is 4. The molecule has 0 aromatic heterocycles. The Morgan fingerprint density at radius 3 is 2.19 bits per heavy atom. The van der Waals surface area contributed by atoms with E-state index in [4.69, 9.17) is 4.74 Å². The molecule has 1 aliphatic heterocycles. The van der Waals surface area contributed by atoms with Crippen LogP contribution in [0.25, 0.3) is 0 Å². The second-order valence-corrected chi connectivity index (χ2v) is 8.60. The molecular weight excluding hydrogens is 415 g/mol. The summed E-state index contributed by atoms with van der Waals surface area (Å²) in [6, 6.07) is 2.75. The van der Waals surface area contributed by atoms with Crippen molar-refractivity contribution in [3.05, 3.63) is 23.8 Å². The second kappa shape index (κ2) is 9.57. The summed E-state index contributed by atoms with van der Waals surface area (Å²) in [6.45, 7) is 7.45. The van der Waals surface area contributed by atoms with Gasteiger partial charge < -0.3 is 20.3 Å². The van der Waals surface area contributed by atoms with Gasteiger partial charge in [-0.15, -0.1) is 0 Å². The molecular formula is C21H28F3N3O4. The van der Waals surface area contributed by atoms with Crippen LogP contribution in [0.2, 0.25) is 0 Å². The van der Waals surface area contributed by atoms with Crippen LogP contribution in [0.5, 0.6) is 0 Å². The molecule has 2 rings (SSSR count). The molecule has 1 aromatic carbocycles. The van der Waals surface area contributed by atoms with Crippen LogP contribution in [-0.4, -0.2) is 41.5 Å². The number of alkyl halides is 3. The van der Waals surface area contributed by atoms with E-state index in [0.29, 0.717) is 25.9 Å². The van der Waals surface area contributed by atoms with E-state index in [1.165, 1.54) is 6.92 Å². The lowest BCUT2D eigenvalue weighted by molar-refractivity contribution is -0.137. The molecule has 0 saturated carbocycles. The third kappa shape index (κ3) is 7.76. The number of ether oxygens (including phenoxy) is 1. The van der Waals surface area contributed by atoms with E-state index < -0.39 is 35.2 Å². The Balaban J connectivity index is 1.98. The van der Waals surface area contributed by atoms with Crippen molar-refractivity contribution in [2.24, 2.45) is 5.92 Å². The summed E-state index contributed by atoms with van der Waals surface area (Å²) in [5.74, 6) is -0.944. The standard InChI is InChI=1S/C21H28F3N3O4/c1-13(28)25-16-6-5-15(21(22,23)24)12-17(16)26-18(29)11-14-7-9-27(10-8-14)19(30)31-20(2,3)4/h5-6,12,14H,7-11H2,1-4H3,(H,25,28)(H,26,29). The minimum absolute atomic E-state index is 0.0197. The largest absolute Gasteiger partial charge is 0.444 e. The average molecular weight is 443 g/mol. The van der Waals surface area contributed by atoms with Crippen LogP contribution >= 0.6 is 0 Å². The first-order valence-electron chi connectivity index (χ1n) is 10.0. The lowest BCUT2D eigenvalue weighted by Gasteiger charge is -2.33. The first-order chi connectivity index (χ1) is 14.2. The number of likely N-dealkylation sites (tertiary alicyclic amines) is 1. The van der Waals surface area contributed by atoms with Gasteiger partial charge in [-0.05, 0) is 57.7 Å². The van der Waals surface area contributed by atoms with Crippen molar-refractivity contribution >= 4 is 29.3 Å². The summed E-state index contributed by atoms with van der Waals surface area (Å²) >= 11 is 0. The zero-order valence-corrected chi connectivity index (χ0v) is 18.1. The van der Waals surface area contributed by atoms with Crippen LogP contribution in [0.4, 0.5) is 29.3 Å². The molecule has 1 heterocycles. The van der Waals surface area contributed by atoms with Crippen LogP contribution in [-0.2, 0) is 20.5 Å².